The molecule has 0 radical (unpaired) electrons. The van der Waals surface area contributed by atoms with Crippen LogP contribution in [-0.2, 0) is 4.79 Å². The van der Waals surface area contributed by atoms with Crippen molar-refractivity contribution in [3.05, 3.63) is 0 Å². The highest BCUT2D eigenvalue weighted by atomic mass is 16.1. The highest BCUT2D eigenvalue weighted by Crippen LogP contribution is 2.19. The Morgan fingerprint density at radius 2 is 1.62 bits per heavy atom. The summed E-state index contributed by atoms with van der Waals surface area (Å²) in [5.74, 6) is 0.472. The zero-order valence-corrected chi connectivity index (χ0v) is 10.9. The minimum absolute atomic E-state index is 0.210. The summed E-state index contributed by atoms with van der Waals surface area (Å²) in [4.78, 5) is 11.9. The summed E-state index contributed by atoms with van der Waals surface area (Å²) in [5.41, 5.74) is 0. The van der Waals surface area contributed by atoms with Gasteiger partial charge in [-0.15, -0.1) is 0 Å². The average molecular weight is 226 g/mol. The van der Waals surface area contributed by atoms with Crippen LogP contribution in [0.3, 0.4) is 0 Å². The minimum Gasteiger partial charge on any atom is -0.353 e. The topological polar surface area (TPSA) is 41.1 Å². The van der Waals surface area contributed by atoms with Crippen molar-refractivity contribution in [3.63, 3.8) is 0 Å². The van der Waals surface area contributed by atoms with Crippen LogP contribution in [0.25, 0.3) is 0 Å². The lowest BCUT2D eigenvalue weighted by atomic mass is 9.90. The third kappa shape index (κ3) is 3.78. The molecule has 1 amide bonds. The molecule has 3 nitrogen and oxygen atoms in total. The van der Waals surface area contributed by atoms with E-state index in [1.807, 2.05) is 7.05 Å². The lowest BCUT2D eigenvalue weighted by Gasteiger charge is -2.29. The molecule has 0 atom stereocenters. The van der Waals surface area contributed by atoms with Gasteiger partial charge >= 0.3 is 0 Å². The standard InChI is InChI=1S/C13H26N2O/c1-4-10(5-2)13(16)15-12-8-6-11(14-3)7-9-12/h10-12,14H,4-9H2,1-3H3,(H,15,16). The number of hydrogen-bond donors (Lipinski definition) is 2. The maximum atomic E-state index is 11.9. The monoisotopic (exact) mass is 226 g/mol. The number of amides is 1. The maximum Gasteiger partial charge on any atom is 0.223 e. The molecule has 3 heteroatoms. The first-order chi connectivity index (χ1) is 7.71. The predicted molar refractivity (Wildman–Crippen MR) is 67.3 cm³/mol. The van der Waals surface area contributed by atoms with E-state index in [9.17, 15) is 4.79 Å². The van der Waals surface area contributed by atoms with Crippen molar-refractivity contribution in [3.8, 4) is 0 Å². The fraction of sp³-hybridized carbons (Fsp3) is 0.923. The predicted octanol–water partition coefficient (Wildman–Crippen LogP) is 2.07. The van der Waals surface area contributed by atoms with Gasteiger partial charge in [0.15, 0.2) is 0 Å². The summed E-state index contributed by atoms with van der Waals surface area (Å²) in [6.45, 7) is 4.18. The summed E-state index contributed by atoms with van der Waals surface area (Å²) in [5, 5.41) is 6.51. The molecule has 0 bridgehead atoms. The molecule has 1 rings (SSSR count). The molecule has 94 valence electrons. The Hall–Kier alpha value is -0.570. The van der Waals surface area contributed by atoms with Crippen molar-refractivity contribution < 1.29 is 4.79 Å². The van der Waals surface area contributed by atoms with E-state index in [4.69, 9.17) is 0 Å². The molecule has 0 aromatic heterocycles. The van der Waals surface area contributed by atoms with E-state index in [-0.39, 0.29) is 11.8 Å². The van der Waals surface area contributed by atoms with Gasteiger partial charge < -0.3 is 10.6 Å². The Labute approximate surface area is 99.4 Å². The highest BCUT2D eigenvalue weighted by molar-refractivity contribution is 5.78. The minimum atomic E-state index is 0.210. The molecule has 1 aliphatic rings. The second kappa shape index (κ2) is 6.89. The third-order valence-electron chi connectivity index (χ3n) is 3.84. The molecule has 16 heavy (non-hydrogen) atoms. The van der Waals surface area contributed by atoms with Crippen molar-refractivity contribution in [2.45, 2.75) is 64.5 Å². The average Bonchev–Trinajstić information content (AvgIpc) is 2.31. The third-order valence-corrected chi connectivity index (χ3v) is 3.84. The van der Waals surface area contributed by atoms with E-state index in [1.165, 1.54) is 12.8 Å². The summed E-state index contributed by atoms with van der Waals surface area (Å²) in [7, 11) is 2.02. The fourth-order valence-corrected chi connectivity index (χ4v) is 2.50. The van der Waals surface area contributed by atoms with Crippen LogP contribution in [0.5, 0.6) is 0 Å². The fourth-order valence-electron chi connectivity index (χ4n) is 2.50. The zero-order chi connectivity index (χ0) is 12.0. The lowest BCUT2D eigenvalue weighted by Crippen LogP contribution is -2.43. The van der Waals surface area contributed by atoms with E-state index < -0.39 is 0 Å². The Morgan fingerprint density at radius 1 is 1.12 bits per heavy atom. The molecule has 0 aromatic rings. The van der Waals surface area contributed by atoms with Crippen molar-refractivity contribution in [2.24, 2.45) is 5.92 Å². The van der Waals surface area contributed by atoms with E-state index in [2.05, 4.69) is 24.5 Å². The molecule has 1 aliphatic carbocycles. The van der Waals surface area contributed by atoms with Gasteiger partial charge in [0.05, 0.1) is 0 Å². The molecular weight excluding hydrogens is 200 g/mol. The number of hydrogen-bond acceptors (Lipinski definition) is 2. The molecule has 0 heterocycles. The van der Waals surface area contributed by atoms with E-state index >= 15 is 0 Å². The van der Waals surface area contributed by atoms with Gasteiger partial charge in [-0.2, -0.15) is 0 Å². The van der Waals surface area contributed by atoms with Gasteiger partial charge in [-0.3, -0.25) is 4.79 Å². The molecule has 0 saturated heterocycles. The van der Waals surface area contributed by atoms with Gasteiger partial charge in [0.2, 0.25) is 5.91 Å². The van der Waals surface area contributed by atoms with Crippen LogP contribution < -0.4 is 10.6 Å². The van der Waals surface area contributed by atoms with E-state index in [1.54, 1.807) is 0 Å². The molecule has 0 unspecified atom stereocenters. The smallest absolute Gasteiger partial charge is 0.223 e. The number of nitrogens with one attached hydrogen (secondary N) is 2. The van der Waals surface area contributed by atoms with E-state index in [0.29, 0.717) is 12.1 Å². The second-order valence-corrected chi connectivity index (χ2v) is 4.86. The Balaban J connectivity index is 2.30. The SMILES string of the molecule is CCC(CC)C(=O)NC1CCC(NC)CC1. The normalized spacial score (nSPS) is 25.8. The molecule has 2 N–H and O–H groups in total. The first-order valence-corrected chi connectivity index (χ1v) is 6.68. The van der Waals surface area contributed by atoms with Crippen LogP contribution in [0.4, 0.5) is 0 Å². The quantitative estimate of drug-likeness (QED) is 0.753. The second-order valence-electron chi connectivity index (χ2n) is 4.86. The van der Waals surface area contributed by atoms with Crippen molar-refractivity contribution in [1.29, 1.82) is 0 Å². The van der Waals surface area contributed by atoms with Crippen molar-refractivity contribution in [1.82, 2.24) is 10.6 Å². The summed E-state index contributed by atoms with van der Waals surface area (Å²) >= 11 is 0. The molecule has 0 spiro atoms. The molecule has 0 aromatic carbocycles. The van der Waals surface area contributed by atoms with Gasteiger partial charge in [0.1, 0.15) is 0 Å². The van der Waals surface area contributed by atoms with Gasteiger partial charge in [-0.25, -0.2) is 0 Å². The Bertz CT molecular complexity index is 206. The highest BCUT2D eigenvalue weighted by Gasteiger charge is 2.23. The van der Waals surface area contributed by atoms with Gasteiger partial charge in [-0.05, 0) is 45.6 Å². The zero-order valence-electron chi connectivity index (χ0n) is 10.9. The van der Waals surface area contributed by atoms with Crippen LogP contribution in [-0.4, -0.2) is 25.0 Å². The van der Waals surface area contributed by atoms with Gasteiger partial charge in [0.25, 0.3) is 0 Å². The van der Waals surface area contributed by atoms with Crippen LogP contribution in [0.15, 0.2) is 0 Å². The summed E-state index contributed by atoms with van der Waals surface area (Å²) in [6, 6.07) is 1.07. The Kier molecular flexibility index (Phi) is 5.81. The van der Waals surface area contributed by atoms with Crippen LogP contribution >= 0.6 is 0 Å². The van der Waals surface area contributed by atoms with E-state index in [0.717, 1.165) is 25.7 Å². The van der Waals surface area contributed by atoms with Gasteiger partial charge in [-0.1, -0.05) is 13.8 Å². The first kappa shape index (κ1) is 13.5. The maximum absolute atomic E-state index is 11.9. The van der Waals surface area contributed by atoms with Crippen molar-refractivity contribution in [2.75, 3.05) is 7.05 Å². The summed E-state index contributed by atoms with van der Waals surface area (Å²) < 4.78 is 0. The van der Waals surface area contributed by atoms with Crippen LogP contribution in [0.2, 0.25) is 0 Å². The largest absolute Gasteiger partial charge is 0.353 e. The number of carbonyl (C=O) groups is 1. The van der Waals surface area contributed by atoms with Crippen LogP contribution in [0.1, 0.15) is 52.4 Å². The molecule has 1 fully saturated rings. The number of rotatable bonds is 5. The number of carbonyl (C=O) groups excluding carboxylic acids is 1. The van der Waals surface area contributed by atoms with Crippen molar-refractivity contribution >= 4 is 5.91 Å². The molecule has 0 aliphatic heterocycles. The first-order valence-electron chi connectivity index (χ1n) is 6.68. The Morgan fingerprint density at radius 3 is 2.06 bits per heavy atom. The van der Waals surface area contributed by atoms with Gasteiger partial charge in [0, 0.05) is 18.0 Å². The van der Waals surface area contributed by atoms with Crippen LogP contribution in [0, 0.1) is 5.92 Å². The summed E-state index contributed by atoms with van der Waals surface area (Å²) in [6.07, 6.45) is 6.52. The molecular formula is C13H26N2O. The lowest BCUT2D eigenvalue weighted by molar-refractivity contribution is -0.126. The molecule has 1 saturated carbocycles.